The number of carbonyl (C=O) groups is 1. The summed E-state index contributed by atoms with van der Waals surface area (Å²) >= 11 is 5.80. The number of nitrogen functional groups attached to an aromatic ring is 1. The van der Waals surface area contributed by atoms with E-state index in [0.29, 0.717) is 41.8 Å². The molecule has 3 N–H and O–H groups in total. The minimum Gasteiger partial charge on any atom is -0.397 e. The van der Waals surface area contributed by atoms with Crippen molar-refractivity contribution in [3.63, 3.8) is 0 Å². The first-order chi connectivity index (χ1) is 9.49. The molecule has 1 rings (SSSR count). The topological polar surface area (TPSA) is 64.3 Å². The second-order valence-corrected chi connectivity index (χ2v) is 5.61. The van der Waals surface area contributed by atoms with Gasteiger partial charge in [0.1, 0.15) is 0 Å². The molecule has 0 atom stereocenters. The van der Waals surface area contributed by atoms with E-state index in [1.165, 1.54) is 0 Å². The summed E-state index contributed by atoms with van der Waals surface area (Å²) < 4.78 is 5.46. The fourth-order valence-corrected chi connectivity index (χ4v) is 1.80. The number of hydrogen-bond donors (Lipinski definition) is 2. The van der Waals surface area contributed by atoms with E-state index in [1.54, 1.807) is 18.2 Å². The molecule has 0 spiro atoms. The van der Waals surface area contributed by atoms with Crippen molar-refractivity contribution in [2.45, 2.75) is 33.1 Å². The Hall–Kier alpha value is -1.26. The highest BCUT2D eigenvalue weighted by Gasteiger charge is 2.05. The van der Waals surface area contributed by atoms with Gasteiger partial charge < -0.3 is 15.8 Å². The Morgan fingerprint density at radius 2 is 2.15 bits per heavy atom. The third-order valence-corrected chi connectivity index (χ3v) is 3.05. The van der Waals surface area contributed by atoms with Crippen LogP contribution in [0.2, 0.25) is 5.02 Å². The minimum atomic E-state index is -0.0634. The van der Waals surface area contributed by atoms with Crippen LogP contribution in [0.5, 0.6) is 0 Å². The first-order valence-electron chi connectivity index (χ1n) is 6.91. The van der Waals surface area contributed by atoms with Gasteiger partial charge in [-0.25, -0.2) is 0 Å². The van der Waals surface area contributed by atoms with Crippen LogP contribution in [-0.4, -0.2) is 19.1 Å². The molecule has 0 aliphatic carbocycles. The quantitative estimate of drug-likeness (QED) is 0.568. The van der Waals surface area contributed by atoms with Gasteiger partial charge in [0.25, 0.3) is 0 Å². The number of rotatable bonds is 8. The van der Waals surface area contributed by atoms with E-state index in [2.05, 4.69) is 19.2 Å². The molecule has 0 fully saturated rings. The second-order valence-electron chi connectivity index (χ2n) is 5.18. The Morgan fingerprint density at radius 3 is 2.80 bits per heavy atom. The van der Waals surface area contributed by atoms with Gasteiger partial charge in [0.2, 0.25) is 5.91 Å². The van der Waals surface area contributed by atoms with Crippen LogP contribution in [0, 0.1) is 5.92 Å². The number of hydrogen-bond acceptors (Lipinski definition) is 3. The van der Waals surface area contributed by atoms with Crippen molar-refractivity contribution < 1.29 is 9.53 Å². The van der Waals surface area contributed by atoms with Gasteiger partial charge in [0.15, 0.2) is 0 Å². The molecule has 4 nitrogen and oxygen atoms in total. The lowest BCUT2D eigenvalue weighted by Crippen LogP contribution is -2.13. The lowest BCUT2D eigenvalue weighted by molar-refractivity contribution is -0.116. The Morgan fingerprint density at radius 1 is 1.40 bits per heavy atom. The molecule has 0 saturated carbocycles. The van der Waals surface area contributed by atoms with E-state index >= 15 is 0 Å². The normalized spacial score (nSPS) is 10.8. The van der Waals surface area contributed by atoms with Crippen molar-refractivity contribution >= 4 is 28.9 Å². The molecular formula is C15H23ClN2O2. The van der Waals surface area contributed by atoms with Crippen molar-refractivity contribution in [1.29, 1.82) is 0 Å². The highest BCUT2D eigenvalue weighted by Crippen LogP contribution is 2.22. The molecule has 0 heterocycles. The van der Waals surface area contributed by atoms with Crippen LogP contribution in [0.25, 0.3) is 0 Å². The Balaban J connectivity index is 2.20. The van der Waals surface area contributed by atoms with Crippen molar-refractivity contribution in [2.75, 3.05) is 24.3 Å². The highest BCUT2D eigenvalue weighted by atomic mass is 35.5. The van der Waals surface area contributed by atoms with E-state index in [1.807, 2.05) is 0 Å². The zero-order chi connectivity index (χ0) is 15.0. The molecule has 0 saturated heterocycles. The van der Waals surface area contributed by atoms with Gasteiger partial charge >= 0.3 is 0 Å². The summed E-state index contributed by atoms with van der Waals surface area (Å²) in [5.74, 6) is 0.581. The van der Waals surface area contributed by atoms with Crippen LogP contribution in [-0.2, 0) is 9.53 Å². The number of halogens is 1. The summed E-state index contributed by atoms with van der Waals surface area (Å²) in [6.07, 6.45) is 2.18. The molecule has 1 aromatic rings. The predicted octanol–water partition coefficient (Wildman–Crippen LogP) is 3.70. The predicted molar refractivity (Wildman–Crippen MR) is 84.0 cm³/mol. The molecule has 0 bridgehead atoms. The monoisotopic (exact) mass is 298 g/mol. The average Bonchev–Trinajstić information content (AvgIpc) is 2.36. The summed E-state index contributed by atoms with van der Waals surface area (Å²) in [6.45, 7) is 5.68. The molecule has 0 unspecified atom stereocenters. The zero-order valence-electron chi connectivity index (χ0n) is 12.1. The van der Waals surface area contributed by atoms with E-state index < -0.39 is 0 Å². The van der Waals surface area contributed by atoms with E-state index in [-0.39, 0.29) is 5.91 Å². The smallest absolute Gasteiger partial charge is 0.224 e. The maximum absolute atomic E-state index is 11.7. The molecule has 0 aromatic heterocycles. The lowest BCUT2D eigenvalue weighted by Gasteiger charge is -2.09. The number of nitrogens with two attached hydrogens (primary N) is 1. The molecule has 20 heavy (non-hydrogen) atoms. The Bertz CT molecular complexity index is 436. The van der Waals surface area contributed by atoms with Crippen LogP contribution in [0.3, 0.4) is 0 Å². The van der Waals surface area contributed by atoms with Gasteiger partial charge in [0.05, 0.1) is 11.4 Å². The zero-order valence-corrected chi connectivity index (χ0v) is 12.9. The van der Waals surface area contributed by atoms with Crippen molar-refractivity contribution in [3.05, 3.63) is 23.2 Å². The fraction of sp³-hybridized carbons (Fsp3) is 0.533. The van der Waals surface area contributed by atoms with Gasteiger partial charge in [-0.3, -0.25) is 4.79 Å². The first-order valence-corrected chi connectivity index (χ1v) is 7.29. The van der Waals surface area contributed by atoms with Gasteiger partial charge in [0, 0.05) is 24.7 Å². The number of benzene rings is 1. The number of ether oxygens (including phenoxy) is 1. The van der Waals surface area contributed by atoms with E-state index in [0.717, 1.165) is 13.0 Å². The molecule has 0 aliphatic heterocycles. The molecule has 5 heteroatoms. The Kier molecular flexibility index (Phi) is 7.41. The van der Waals surface area contributed by atoms with Crippen LogP contribution in [0.1, 0.15) is 33.1 Å². The maximum atomic E-state index is 11.7. The van der Waals surface area contributed by atoms with Gasteiger partial charge in [-0.05, 0) is 37.0 Å². The first kappa shape index (κ1) is 16.8. The SMILES string of the molecule is CC(C)CCOCCCC(=O)Nc1ccc(Cl)cc1N. The van der Waals surface area contributed by atoms with Crippen molar-refractivity contribution in [1.82, 2.24) is 0 Å². The molecule has 1 aromatic carbocycles. The van der Waals surface area contributed by atoms with E-state index in [4.69, 9.17) is 22.1 Å². The molecule has 112 valence electrons. The van der Waals surface area contributed by atoms with Crippen LogP contribution < -0.4 is 11.1 Å². The van der Waals surface area contributed by atoms with Crippen molar-refractivity contribution in [3.8, 4) is 0 Å². The number of carbonyl (C=O) groups excluding carboxylic acids is 1. The fourth-order valence-electron chi connectivity index (χ4n) is 1.62. The third-order valence-electron chi connectivity index (χ3n) is 2.82. The van der Waals surface area contributed by atoms with Gasteiger partial charge in [-0.2, -0.15) is 0 Å². The number of nitrogens with one attached hydrogen (secondary N) is 1. The molecular weight excluding hydrogens is 276 g/mol. The maximum Gasteiger partial charge on any atom is 0.224 e. The van der Waals surface area contributed by atoms with E-state index in [9.17, 15) is 4.79 Å². The largest absolute Gasteiger partial charge is 0.397 e. The van der Waals surface area contributed by atoms with Crippen molar-refractivity contribution in [2.24, 2.45) is 5.92 Å². The average molecular weight is 299 g/mol. The standard InChI is InChI=1S/C15H23ClN2O2/c1-11(2)7-9-20-8-3-4-15(19)18-14-6-5-12(16)10-13(14)17/h5-6,10-11H,3-4,7-9,17H2,1-2H3,(H,18,19). The van der Waals surface area contributed by atoms with Gasteiger partial charge in [-0.15, -0.1) is 0 Å². The minimum absolute atomic E-state index is 0.0634. The summed E-state index contributed by atoms with van der Waals surface area (Å²) in [6, 6.07) is 5.02. The highest BCUT2D eigenvalue weighted by molar-refractivity contribution is 6.31. The summed E-state index contributed by atoms with van der Waals surface area (Å²) in [4.78, 5) is 11.7. The second kappa shape index (κ2) is 8.82. The summed E-state index contributed by atoms with van der Waals surface area (Å²) in [5, 5.41) is 3.32. The number of amides is 1. The summed E-state index contributed by atoms with van der Waals surface area (Å²) in [5.41, 5.74) is 6.84. The third kappa shape index (κ3) is 6.78. The summed E-state index contributed by atoms with van der Waals surface area (Å²) in [7, 11) is 0. The van der Waals surface area contributed by atoms with Gasteiger partial charge in [-0.1, -0.05) is 25.4 Å². The lowest BCUT2D eigenvalue weighted by atomic mass is 10.1. The molecule has 0 aliphatic rings. The molecule has 1 amide bonds. The Labute approximate surface area is 125 Å². The van der Waals surface area contributed by atoms with Crippen LogP contribution in [0.15, 0.2) is 18.2 Å². The van der Waals surface area contributed by atoms with Crippen LogP contribution >= 0.6 is 11.6 Å². The molecule has 0 radical (unpaired) electrons. The number of anilines is 2. The van der Waals surface area contributed by atoms with Crippen LogP contribution in [0.4, 0.5) is 11.4 Å².